The zero-order chi connectivity index (χ0) is 19.2. The molecule has 0 aromatic heterocycles. The van der Waals surface area contributed by atoms with Crippen molar-refractivity contribution < 1.29 is 4.79 Å². The summed E-state index contributed by atoms with van der Waals surface area (Å²) in [7, 11) is 0. The summed E-state index contributed by atoms with van der Waals surface area (Å²) in [6.07, 6.45) is 2.01. The second-order valence-electron chi connectivity index (χ2n) is 6.23. The molecule has 5 heteroatoms. The van der Waals surface area contributed by atoms with E-state index in [-0.39, 0.29) is 5.91 Å². The number of aryl methyl sites for hydroxylation is 2. The first kappa shape index (κ1) is 19.4. The molecule has 0 heterocycles. The largest absolute Gasteiger partial charge is 0.326 e. The highest BCUT2D eigenvalue weighted by Gasteiger charge is 2.10. The van der Waals surface area contributed by atoms with Crippen LogP contribution in [-0.2, 0) is 0 Å². The van der Waals surface area contributed by atoms with Crippen molar-refractivity contribution in [3.05, 3.63) is 83.4 Å². The number of carbonyl (C=O) groups is 1. The molecular formula is C22H22N2OS2. The number of thioether (sulfide) groups is 1. The molecule has 0 atom stereocenters. The first-order valence-corrected chi connectivity index (χ1v) is 10.6. The van der Waals surface area contributed by atoms with Crippen LogP contribution in [0.15, 0.2) is 76.5 Å². The molecule has 3 aromatic rings. The van der Waals surface area contributed by atoms with E-state index in [1.165, 1.54) is 5.56 Å². The van der Waals surface area contributed by atoms with E-state index in [1.807, 2.05) is 55.6 Å². The average Bonchev–Trinajstić information content (AvgIpc) is 2.68. The van der Waals surface area contributed by atoms with Crippen LogP contribution in [0.2, 0.25) is 0 Å². The van der Waals surface area contributed by atoms with Gasteiger partial charge in [-0.05, 0) is 80.1 Å². The monoisotopic (exact) mass is 394 g/mol. The highest BCUT2D eigenvalue weighted by Crippen LogP contribution is 2.25. The lowest BCUT2D eigenvalue weighted by atomic mass is 10.1. The van der Waals surface area contributed by atoms with Crippen molar-refractivity contribution in [3.63, 3.8) is 0 Å². The van der Waals surface area contributed by atoms with Crippen LogP contribution in [0.4, 0.5) is 11.4 Å². The standard InChI is InChI=1S/C22H22N2OS2/c1-15-7-10-19(11-8-15)27-24-18-6-4-5-17(13-18)23-22(25)21-14-20(26-3)12-9-16(21)2/h4-14,24H,1-3H3,(H,23,25). The van der Waals surface area contributed by atoms with Crippen molar-refractivity contribution in [1.29, 1.82) is 0 Å². The number of amides is 1. The van der Waals surface area contributed by atoms with Crippen LogP contribution in [0.25, 0.3) is 0 Å². The Labute approximate surface area is 169 Å². The maximum absolute atomic E-state index is 12.7. The molecule has 0 aliphatic carbocycles. The summed E-state index contributed by atoms with van der Waals surface area (Å²) in [5.74, 6) is -0.0910. The molecule has 0 unspecified atom stereocenters. The van der Waals surface area contributed by atoms with E-state index >= 15 is 0 Å². The number of hydrogen-bond acceptors (Lipinski definition) is 4. The predicted octanol–water partition coefficient (Wildman–Crippen LogP) is 6.40. The third-order valence-electron chi connectivity index (χ3n) is 4.12. The quantitative estimate of drug-likeness (QED) is 0.375. The number of nitrogens with one attached hydrogen (secondary N) is 2. The summed E-state index contributed by atoms with van der Waals surface area (Å²) in [5.41, 5.74) is 4.62. The van der Waals surface area contributed by atoms with Crippen LogP contribution in [0, 0.1) is 13.8 Å². The Hall–Kier alpha value is -2.37. The molecule has 0 saturated carbocycles. The topological polar surface area (TPSA) is 41.1 Å². The molecule has 0 fully saturated rings. The van der Waals surface area contributed by atoms with Gasteiger partial charge in [0, 0.05) is 26.7 Å². The summed E-state index contributed by atoms with van der Waals surface area (Å²) in [6.45, 7) is 4.03. The van der Waals surface area contributed by atoms with Crippen molar-refractivity contribution in [2.24, 2.45) is 0 Å². The molecule has 0 radical (unpaired) electrons. The lowest BCUT2D eigenvalue weighted by Gasteiger charge is -2.11. The number of rotatable bonds is 6. The number of benzene rings is 3. The molecule has 27 heavy (non-hydrogen) atoms. The van der Waals surface area contributed by atoms with Gasteiger partial charge in [-0.2, -0.15) is 0 Å². The zero-order valence-electron chi connectivity index (χ0n) is 15.6. The van der Waals surface area contributed by atoms with Gasteiger partial charge in [0.1, 0.15) is 0 Å². The van der Waals surface area contributed by atoms with E-state index in [0.29, 0.717) is 5.56 Å². The zero-order valence-corrected chi connectivity index (χ0v) is 17.2. The highest BCUT2D eigenvalue weighted by atomic mass is 32.2. The number of hydrogen-bond donors (Lipinski definition) is 2. The Morgan fingerprint density at radius 2 is 1.56 bits per heavy atom. The first-order valence-electron chi connectivity index (χ1n) is 8.61. The molecule has 3 rings (SSSR count). The summed E-state index contributed by atoms with van der Waals surface area (Å²) >= 11 is 3.18. The minimum Gasteiger partial charge on any atom is -0.326 e. The van der Waals surface area contributed by atoms with Gasteiger partial charge in [-0.15, -0.1) is 11.8 Å². The Morgan fingerprint density at radius 3 is 2.30 bits per heavy atom. The maximum atomic E-state index is 12.7. The number of carbonyl (C=O) groups excluding carboxylic acids is 1. The molecule has 0 aliphatic rings. The first-order chi connectivity index (χ1) is 13.0. The van der Waals surface area contributed by atoms with Crippen LogP contribution in [0.1, 0.15) is 21.5 Å². The molecule has 0 bridgehead atoms. The van der Waals surface area contributed by atoms with Gasteiger partial charge >= 0.3 is 0 Å². The molecule has 1 amide bonds. The van der Waals surface area contributed by atoms with Gasteiger partial charge < -0.3 is 10.0 Å². The highest BCUT2D eigenvalue weighted by molar-refractivity contribution is 8.00. The van der Waals surface area contributed by atoms with Crippen molar-refractivity contribution in [2.75, 3.05) is 16.3 Å². The van der Waals surface area contributed by atoms with Crippen molar-refractivity contribution in [3.8, 4) is 0 Å². The second kappa shape index (κ2) is 9.02. The molecular weight excluding hydrogens is 372 g/mol. The summed E-state index contributed by atoms with van der Waals surface area (Å²) in [5, 5.41) is 3.00. The molecule has 0 aliphatic heterocycles. The summed E-state index contributed by atoms with van der Waals surface area (Å²) in [6, 6.07) is 22.0. The molecule has 2 N–H and O–H groups in total. The number of anilines is 2. The fourth-order valence-corrected chi connectivity index (χ4v) is 3.63. The van der Waals surface area contributed by atoms with E-state index in [4.69, 9.17) is 0 Å². The van der Waals surface area contributed by atoms with Gasteiger partial charge in [-0.1, -0.05) is 29.8 Å². The third-order valence-corrected chi connectivity index (χ3v) is 5.69. The minimum absolute atomic E-state index is 0.0910. The van der Waals surface area contributed by atoms with Crippen LogP contribution >= 0.6 is 23.7 Å². The second-order valence-corrected chi connectivity index (χ2v) is 7.99. The maximum Gasteiger partial charge on any atom is 0.255 e. The van der Waals surface area contributed by atoms with Crippen LogP contribution in [0.3, 0.4) is 0 Å². The SMILES string of the molecule is CSc1ccc(C)c(C(=O)Nc2cccc(NSc3ccc(C)cc3)c2)c1. The van der Waals surface area contributed by atoms with Gasteiger partial charge in [-0.25, -0.2) is 0 Å². The van der Waals surface area contributed by atoms with Crippen molar-refractivity contribution >= 4 is 41.0 Å². The Morgan fingerprint density at radius 1 is 0.852 bits per heavy atom. The fourth-order valence-electron chi connectivity index (χ4n) is 2.56. The summed E-state index contributed by atoms with van der Waals surface area (Å²) < 4.78 is 3.33. The molecule has 0 spiro atoms. The van der Waals surface area contributed by atoms with Gasteiger partial charge in [-0.3, -0.25) is 4.79 Å². The van der Waals surface area contributed by atoms with Crippen LogP contribution in [0.5, 0.6) is 0 Å². The lowest BCUT2D eigenvalue weighted by Crippen LogP contribution is -2.13. The predicted molar refractivity (Wildman–Crippen MR) is 118 cm³/mol. The van der Waals surface area contributed by atoms with Crippen molar-refractivity contribution in [1.82, 2.24) is 0 Å². The van der Waals surface area contributed by atoms with E-state index < -0.39 is 0 Å². The Kier molecular flexibility index (Phi) is 6.48. The van der Waals surface area contributed by atoms with Gasteiger partial charge in [0.05, 0.1) is 0 Å². The van der Waals surface area contributed by atoms with E-state index in [2.05, 4.69) is 41.2 Å². The molecule has 3 aromatic carbocycles. The van der Waals surface area contributed by atoms with Crippen molar-refractivity contribution in [2.45, 2.75) is 23.6 Å². The molecule has 138 valence electrons. The Bertz CT molecular complexity index is 939. The third kappa shape index (κ3) is 5.31. The molecule has 0 saturated heterocycles. The van der Waals surface area contributed by atoms with Gasteiger partial charge in [0.15, 0.2) is 0 Å². The average molecular weight is 395 g/mol. The summed E-state index contributed by atoms with van der Waals surface area (Å²) in [4.78, 5) is 14.9. The smallest absolute Gasteiger partial charge is 0.255 e. The van der Waals surface area contributed by atoms with Crippen LogP contribution in [-0.4, -0.2) is 12.2 Å². The fraction of sp³-hybridized carbons (Fsp3) is 0.136. The van der Waals surface area contributed by atoms with Crippen LogP contribution < -0.4 is 10.0 Å². The van der Waals surface area contributed by atoms with E-state index in [0.717, 1.165) is 26.7 Å². The normalized spacial score (nSPS) is 10.5. The minimum atomic E-state index is -0.0910. The molecule has 3 nitrogen and oxygen atoms in total. The Balaban J connectivity index is 1.68. The van der Waals surface area contributed by atoms with E-state index in [9.17, 15) is 4.79 Å². The van der Waals surface area contributed by atoms with Gasteiger partial charge in [0.2, 0.25) is 0 Å². The van der Waals surface area contributed by atoms with Gasteiger partial charge in [0.25, 0.3) is 5.91 Å². The van der Waals surface area contributed by atoms with E-state index in [1.54, 1.807) is 23.7 Å². The lowest BCUT2D eigenvalue weighted by molar-refractivity contribution is 0.102.